The molecule has 118 valence electrons. The van der Waals surface area contributed by atoms with Gasteiger partial charge in [0.05, 0.1) is 31.8 Å². The minimum atomic E-state index is -0.959. The molecular weight excluding hydrogens is 296 g/mol. The number of nitrogens with zero attached hydrogens (tertiary/aromatic N) is 2. The number of carboxylic acids is 1. The zero-order chi connectivity index (χ0) is 16.4. The number of carboxylic acid groups (broad SMARTS) is 1. The smallest absolute Gasteiger partial charge is 0.335 e. The summed E-state index contributed by atoms with van der Waals surface area (Å²) in [6, 6.07) is 10.5. The summed E-state index contributed by atoms with van der Waals surface area (Å²) in [5.74, 6) is 0.465. The highest BCUT2D eigenvalue weighted by Crippen LogP contribution is 2.23. The molecule has 0 unspecified atom stereocenters. The molecule has 6 nitrogen and oxygen atoms in total. The Balaban J connectivity index is 1.93. The van der Waals surface area contributed by atoms with E-state index in [1.165, 1.54) is 0 Å². The fourth-order valence-electron chi connectivity index (χ4n) is 2.43. The molecule has 0 aliphatic heterocycles. The van der Waals surface area contributed by atoms with Gasteiger partial charge in [0.25, 0.3) is 0 Å². The van der Waals surface area contributed by atoms with Crippen LogP contribution in [0.2, 0.25) is 0 Å². The molecule has 0 fully saturated rings. The largest absolute Gasteiger partial charge is 0.497 e. The average molecular weight is 312 g/mol. The van der Waals surface area contributed by atoms with Crippen LogP contribution < -0.4 is 9.47 Å². The van der Waals surface area contributed by atoms with Crippen LogP contribution in [0.15, 0.2) is 42.6 Å². The number of fused-ring (bicyclic) bond motifs is 1. The molecule has 0 saturated heterocycles. The van der Waals surface area contributed by atoms with Gasteiger partial charge in [-0.15, -0.1) is 0 Å². The lowest BCUT2D eigenvalue weighted by molar-refractivity contribution is 0.0697. The van der Waals surface area contributed by atoms with Crippen LogP contribution in [0.25, 0.3) is 10.9 Å². The van der Waals surface area contributed by atoms with E-state index in [1.807, 2.05) is 24.4 Å². The van der Waals surface area contributed by atoms with Crippen LogP contribution in [0.1, 0.15) is 15.9 Å². The summed E-state index contributed by atoms with van der Waals surface area (Å²) in [6.45, 7) is 0.532. The standard InChI is InChI=1S/C17H16N2O4/c1-22-14-5-11(6-15(8-14)23-2)9-19-10-13-4-3-12(17(20)21)7-16(13)18-19/h3-8,10H,9H2,1-2H3,(H,20,21). The third-order valence-electron chi connectivity index (χ3n) is 3.56. The van der Waals surface area contributed by atoms with Gasteiger partial charge in [-0.2, -0.15) is 5.10 Å². The van der Waals surface area contributed by atoms with E-state index < -0.39 is 5.97 Å². The Hall–Kier alpha value is -3.02. The number of aromatic nitrogens is 2. The minimum Gasteiger partial charge on any atom is -0.497 e. The summed E-state index contributed by atoms with van der Waals surface area (Å²) >= 11 is 0. The summed E-state index contributed by atoms with van der Waals surface area (Å²) in [5, 5.41) is 14.4. The van der Waals surface area contributed by atoms with E-state index in [0.717, 1.165) is 10.9 Å². The maximum absolute atomic E-state index is 11.0. The van der Waals surface area contributed by atoms with Crippen molar-refractivity contribution >= 4 is 16.9 Å². The van der Waals surface area contributed by atoms with Gasteiger partial charge in [-0.25, -0.2) is 4.79 Å². The topological polar surface area (TPSA) is 73.6 Å². The SMILES string of the molecule is COc1cc(Cn2cc3ccc(C(=O)O)cc3n2)cc(OC)c1. The molecular formula is C17H16N2O4. The highest BCUT2D eigenvalue weighted by molar-refractivity contribution is 5.92. The molecule has 1 heterocycles. The van der Waals surface area contributed by atoms with E-state index in [9.17, 15) is 4.79 Å². The average Bonchev–Trinajstić information content (AvgIpc) is 2.95. The van der Waals surface area contributed by atoms with Crippen molar-refractivity contribution < 1.29 is 19.4 Å². The molecule has 6 heteroatoms. The van der Waals surface area contributed by atoms with Crippen LogP contribution in [0.5, 0.6) is 11.5 Å². The number of methoxy groups -OCH3 is 2. The summed E-state index contributed by atoms with van der Waals surface area (Å²) in [4.78, 5) is 11.0. The van der Waals surface area contributed by atoms with Gasteiger partial charge >= 0.3 is 5.97 Å². The number of carbonyl (C=O) groups is 1. The Labute approximate surface area is 132 Å². The van der Waals surface area contributed by atoms with Gasteiger partial charge in [0.2, 0.25) is 0 Å². The third-order valence-corrected chi connectivity index (χ3v) is 3.56. The summed E-state index contributed by atoms with van der Waals surface area (Å²) in [7, 11) is 3.21. The number of aromatic carboxylic acids is 1. The van der Waals surface area contributed by atoms with Gasteiger partial charge < -0.3 is 14.6 Å². The molecule has 0 amide bonds. The highest BCUT2D eigenvalue weighted by atomic mass is 16.5. The lowest BCUT2D eigenvalue weighted by Crippen LogP contribution is -2.01. The Kier molecular flexibility index (Phi) is 3.89. The molecule has 1 aromatic heterocycles. The van der Waals surface area contributed by atoms with Gasteiger partial charge in [-0.05, 0) is 29.8 Å². The van der Waals surface area contributed by atoms with Crippen LogP contribution in [-0.2, 0) is 6.54 Å². The predicted octanol–water partition coefficient (Wildman–Crippen LogP) is 2.80. The monoisotopic (exact) mass is 312 g/mol. The Morgan fingerprint density at radius 3 is 2.43 bits per heavy atom. The second-order valence-corrected chi connectivity index (χ2v) is 5.13. The first-order valence-electron chi connectivity index (χ1n) is 7.01. The van der Waals surface area contributed by atoms with E-state index in [2.05, 4.69) is 5.10 Å². The molecule has 0 bridgehead atoms. The molecule has 0 atom stereocenters. The number of benzene rings is 2. The molecule has 0 aliphatic carbocycles. The van der Waals surface area contributed by atoms with Crippen molar-refractivity contribution in [2.75, 3.05) is 14.2 Å². The Bertz CT molecular complexity index is 848. The van der Waals surface area contributed by atoms with Crippen molar-refractivity contribution in [2.24, 2.45) is 0 Å². The zero-order valence-electron chi connectivity index (χ0n) is 12.8. The summed E-state index contributed by atoms with van der Waals surface area (Å²) in [5.41, 5.74) is 1.86. The lowest BCUT2D eigenvalue weighted by atomic mass is 10.2. The van der Waals surface area contributed by atoms with Crippen molar-refractivity contribution in [2.45, 2.75) is 6.54 Å². The Morgan fingerprint density at radius 2 is 1.83 bits per heavy atom. The van der Waals surface area contributed by atoms with E-state index in [4.69, 9.17) is 14.6 Å². The second kappa shape index (κ2) is 6.00. The van der Waals surface area contributed by atoms with Crippen LogP contribution in [-0.4, -0.2) is 35.1 Å². The van der Waals surface area contributed by atoms with Crippen LogP contribution in [0.4, 0.5) is 0 Å². The molecule has 0 saturated carbocycles. The van der Waals surface area contributed by atoms with Crippen molar-refractivity contribution in [3.63, 3.8) is 0 Å². The maximum Gasteiger partial charge on any atom is 0.335 e. The second-order valence-electron chi connectivity index (χ2n) is 5.13. The fourth-order valence-corrected chi connectivity index (χ4v) is 2.43. The molecule has 0 aliphatic rings. The molecule has 23 heavy (non-hydrogen) atoms. The van der Waals surface area contributed by atoms with Crippen molar-refractivity contribution in [3.8, 4) is 11.5 Å². The summed E-state index contributed by atoms with van der Waals surface area (Å²) in [6.07, 6.45) is 1.88. The molecule has 1 N–H and O–H groups in total. The van der Waals surface area contributed by atoms with E-state index in [-0.39, 0.29) is 5.56 Å². The van der Waals surface area contributed by atoms with E-state index >= 15 is 0 Å². The lowest BCUT2D eigenvalue weighted by Gasteiger charge is -2.08. The Morgan fingerprint density at radius 1 is 1.13 bits per heavy atom. The molecule has 3 rings (SSSR count). The van der Waals surface area contributed by atoms with Gasteiger partial charge in [0.1, 0.15) is 11.5 Å². The first-order valence-corrected chi connectivity index (χ1v) is 7.01. The first-order chi connectivity index (χ1) is 11.1. The molecule has 0 radical (unpaired) electrons. The number of hydrogen-bond acceptors (Lipinski definition) is 4. The molecule has 2 aromatic carbocycles. The van der Waals surface area contributed by atoms with E-state index in [0.29, 0.717) is 23.6 Å². The normalized spacial score (nSPS) is 10.7. The van der Waals surface area contributed by atoms with Gasteiger partial charge in [0.15, 0.2) is 0 Å². The maximum atomic E-state index is 11.0. The number of ether oxygens (including phenoxy) is 2. The number of hydrogen-bond donors (Lipinski definition) is 1. The first kappa shape index (κ1) is 14.9. The molecule has 3 aromatic rings. The van der Waals surface area contributed by atoms with Gasteiger partial charge in [0, 0.05) is 17.6 Å². The zero-order valence-corrected chi connectivity index (χ0v) is 12.8. The van der Waals surface area contributed by atoms with Gasteiger partial charge in [-0.1, -0.05) is 6.07 Å². The minimum absolute atomic E-state index is 0.228. The predicted molar refractivity (Wildman–Crippen MR) is 85.3 cm³/mol. The van der Waals surface area contributed by atoms with Crippen molar-refractivity contribution in [3.05, 3.63) is 53.7 Å². The fraction of sp³-hybridized carbons (Fsp3) is 0.176. The highest BCUT2D eigenvalue weighted by Gasteiger charge is 2.08. The number of rotatable bonds is 5. The summed E-state index contributed by atoms with van der Waals surface area (Å²) < 4.78 is 12.3. The quantitative estimate of drug-likeness (QED) is 0.784. The molecule has 0 spiro atoms. The third kappa shape index (κ3) is 3.11. The van der Waals surface area contributed by atoms with Gasteiger partial charge in [-0.3, -0.25) is 4.68 Å². The van der Waals surface area contributed by atoms with Crippen LogP contribution in [0, 0.1) is 0 Å². The van der Waals surface area contributed by atoms with E-state index in [1.54, 1.807) is 37.1 Å². The van der Waals surface area contributed by atoms with Crippen molar-refractivity contribution in [1.29, 1.82) is 0 Å². The van der Waals surface area contributed by atoms with Crippen LogP contribution >= 0.6 is 0 Å². The van der Waals surface area contributed by atoms with Crippen LogP contribution in [0.3, 0.4) is 0 Å². The van der Waals surface area contributed by atoms with Crippen molar-refractivity contribution in [1.82, 2.24) is 9.78 Å².